The molecule has 0 aliphatic carbocycles. The molecule has 106 valence electrons. The van der Waals surface area contributed by atoms with Gasteiger partial charge in [-0.25, -0.2) is 0 Å². The number of rotatable bonds is 4. The van der Waals surface area contributed by atoms with Gasteiger partial charge >= 0.3 is 0 Å². The van der Waals surface area contributed by atoms with Crippen molar-refractivity contribution in [2.75, 3.05) is 18.0 Å². The second-order valence-corrected chi connectivity index (χ2v) is 5.39. The Morgan fingerprint density at radius 1 is 1.15 bits per heavy atom. The van der Waals surface area contributed by atoms with Crippen LogP contribution in [0.15, 0.2) is 30.3 Å². The third-order valence-corrected chi connectivity index (χ3v) is 3.84. The molecule has 2 aromatic rings. The number of nitrogens with two attached hydrogens (primary N) is 1. The number of aromatic amines is 1. The van der Waals surface area contributed by atoms with Crippen molar-refractivity contribution in [2.24, 2.45) is 5.73 Å². The lowest BCUT2D eigenvalue weighted by Gasteiger charge is -2.28. The Bertz CT molecular complexity index is 528. The van der Waals surface area contributed by atoms with Gasteiger partial charge in [-0.2, -0.15) is 4.98 Å². The summed E-state index contributed by atoms with van der Waals surface area (Å²) in [6.45, 7) is 1.91. The monoisotopic (exact) mass is 271 g/mol. The van der Waals surface area contributed by atoms with Crippen molar-refractivity contribution in [2.45, 2.75) is 31.7 Å². The fraction of sp³-hybridized carbons (Fsp3) is 0.467. The van der Waals surface area contributed by atoms with E-state index in [1.54, 1.807) is 0 Å². The number of hydrogen-bond donors (Lipinski definition) is 2. The number of nitrogens with one attached hydrogen (secondary N) is 1. The first-order valence-electron chi connectivity index (χ1n) is 7.27. The van der Waals surface area contributed by atoms with Gasteiger partial charge in [0.15, 0.2) is 0 Å². The highest BCUT2D eigenvalue weighted by molar-refractivity contribution is 5.29. The number of aryl methyl sites for hydroxylation is 2. The Kier molecular flexibility index (Phi) is 3.97. The Labute approximate surface area is 119 Å². The van der Waals surface area contributed by atoms with Gasteiger partial charge in [-0.15, -0.1) is 5.10 Å². The molecule has 2 heterocycles. The highest BCUT2D eigenvalue weighted by Crippen LogP contribution is 2.15. The number of piperidine rings is 1. The molecular weight excluding hydrogens is 250 g/mol. The summed E-state index contributed by atoms with van der Waals surface area (Å²) in [7, 11) is 0. The average molecular weight is 271 g/mol. The summed E-state index contributed by atoms with van der Waals surface area (Å²) in [6, 6.07) is 10.8. The van der Waals surface area contributed by atoms with E-state index in [1.165, 1.54) is 5.56 Å². The zero-order valence-corrected chi connectivity index (χ0v) is 11.6. The molecule has 0 bridgehead atoms. The molecule has 0 atom stereocenters. The zero-order chi connectivity index (χ0) is 13.8. The lowest BCUT2D eigenvalue weighted by molar-refractivity contribution is 0.496. The van der Waals surface area contributed by atoms with E-state index in [1.807, 2.05) is 6.07 Å². The Balaban J connectivity index is 1.57. The maximum Gasteiger partial charge on any atom is 0.244 e. The van der Waals surface area contributed by atoms with Crippen molar-refractivity contribution in [3.63, 3.8) is 0 Å². The number of aromatic nitrogens is 3. The highest BCUT2D eigenvalue weighted by Gasteiger charge is 2.19. The predicted molar refractivity (Wildman–Crippen MR) is 79.7 cm³/mol. The third kappa shape index (κ3) is 3.17. The number of nitrogens with zero attached hydrogens (tertiary/aromatic N) is 3. The van der Waals surface area contributed by atoms with Gasteiger partial charge in [-0.1, -0.05) is 30.3 Å². The molecule has 0 amide bonds. The standard InChI is InChI=1S/C15H21N5/c16-13-8-10-20(11-9-13)15-17-14(18-19-15)7-6-12-4-2-1-3-5-12/h1-5,13H,6-11,16H2,(H,17,18,19). The molecule has 0 unspecified atom stereocenters. The Morgan fingerprint density at radius 3 is 2.65 bits per heavy atom. The molecule has 1 aliphatic heterocycles. The van der Waals surface area contributed by atoms with Crippen LogP contribution < -0.4 is 10.6 Å². The first kappa shape index (κ1) is 13.1. The van der Waals surface area contributed by atoms with Gasteiger partial charge < -0.3 is 10.6 Å². The summed E-state index contributed by atoms with van der Waals surface area (Å²) in [6.07, 6.45) is 3.92. The van der Waals surface area contributed by atoms with Crippen molar-refractivity contribution < 1.29 is 0 Å². The van der Waals surface area contributed by atoms with Crippen LogP contribution in [0, 0.1) is 0 Å². The molecule has 3 N–H and O–H groups in total. The van der Waals surface area contributed by atoms with Crippen molar-refractivity contribution in [1.82, 2.24) is 15.2 Å². The number of H-pyrrole nitrogens is 1. The molecule has 1 saturated heterocycles. The third-order valence-electron chi connectivity index (χ3n) is 3.84. The lowest BCUT2D eigenvalue weighted by atomic mass is 10.1. The van der Waals surface area contributed by atoms with E-state index in [2.05, 4.69) is 44.3 Å². The van der Waals surface area contributed by atoms with Crippen LogP contribution in [-0.4, -0.2) is 34.3 Å². The normalized spacial score (nSPS) is 16.6. The second-order valence-electron chi connectivity index (χ2n) is 5.39. The predicted octanol–water partition coefficient (Wildman–Crippen LogP) is 1.52. The second kappa shape index (κ2) is 6.05. The molecule has 5 nitrogen and oxygen atoms in total. The molecule has 5 heteroatoms. The average Bonchev–Trinajstić information content (AvgIpc) is 2.96. The SMILES string of the molecule is NC1CCN(c2n[nH]c(CCc3ccccc3)n2)CC1. The topological polar surface area (TPSA) is 70.8 Å². The summed E-state index contributed by atoms with van der Waals surface area (Å²) < 4.78 is 0. The molecule has 1 aromatic heterocycles. The molecule has 20 heavy (non-hydrogen) atoms. The minimum absolute atomic E-state index is 0.336. The van der Waals surface area contributed by atoms with Crippen LogP contribution in [0.3, 0.4) is 0 Å². The fourth-order valence-electron chi connectivity index (χ4n) is 2.55. The largest absolute Gasteiger partial charge is 0.339 e. The molecule has 1 fully saturated rings. The van der Waals surface area contributed by atoms with Crippen LogP contribution in [0.1, 0.15) is 24.2 Å². The van der Waals surface area contributed by atoms with Gasteiger partial charge in [-0.3, -0.25) is 5.10 Å². The number of anilines is 1. The summed E-state index contributed by atoms with van der Waals surface area (Å²) >= 11 is 0. The number of benzene rings is 1. The maximum absolute atomic E-state index is 5.92. The lowest BCUT2D eigenvalue weighted by Crippen LogP contribution is -2.40. The molecule has 1 aliphatic rings. The van der Waals surface area contributed by atoms with E-state index in [9.17, 15) is 0 Å². The molecule has 0 radical (unpaired) electrons. The van der Waals surface area contributed by atoms with Gasteiger partial charge in [0.05, 0.1) is 0 Å². The van der Waals surface area contributed by atoms with E-state index in [0.29, 0.717) is 6.04 Å². The van der Waals surface area contributed by atoms with E-state index in [-0.39, 0.29) is 0 Å². The van der Waals surface area contributed by atoms with Crippen LogP contribution in [0.25, 0.3) is 0 Å². The molecule has 3 rings (SSSR count). The first-order valence-corrected chi connectivity index (χ1v) is 7.27. The number of hydrogen-bond acceptors (Lipinski definition) is 4. The van der Waals surface area contributed by atoms with Gasteiger partial charge in [0.1, 0.15) is 5.82 Å². The minimum atomic E-state index is 0.336. The maximum atomic E-state index is 5.92. The van der Waals surface area contributed by atoms with Crippen molar-refractivity contribution in [3.05, 3.63) is 41.7 Å². The molecule has 0 saturated carbocycles. The van der Waals surface area contributed by atoms with Crippen LogP contribution in [-0.2, 0) is 12.8 Å². The van der Waals surface area contributed by atoms with E-state index in [4.69, 9.17) is 5.73 Å². The van der Waals surface area contributed by atoms with Gasteiger partial charge in [-0.05, 0) is 24.8 Å². The smallest absolute Gasteiger partial charge is 0.244 e. The van der Waals surface area contributed by atoms with Gasteiger partial charge in [0.25, 0.3) is 0 Å². The van der Waals surface area contributed by atoms with E-state index >= 15 is 0 Å². The van der Waals surface area contributed by atoms with Crippen molar-refractivity contribution in [1.29, 1.82) is 0 Å². The minimum Gasteiger partial charge on any atom is -0.339 e. The molecular formula is C15H21N5. The summed E-state index contributed by atoms with van der Waals surface area (Å²) in [5.74, 6) is 1.78. The van der Waals surface area contributed by atoms with E-state index < -0.39 is 0 Å². The molecule has 0 spiro atoms. The fourth-order valence-corrected chi connectivity index (χ4v) is 2.55. The van der Waals surface area contributed by atoms with Crippen molar-refractivity contribution >= 4 is 5.95 Å². The van der Waals surface area contributed by atoms with Crippen LogP contribution in [0.2, 0.25) is 0 Å². The first-order chi connectivity index (χ1) is 9.81. The summed E-state index contributed by atoms with van der Waals surface area (Å²) in [5, 5.41) is 7.38. The van der Waals surface area contributed by atoms with E-state index in [0.717, 1.165) is 50.5 Å². The van der Waals surface area contributed by atoms with Gasteiger partial charge in [0, 0.05) is 25.6 Å². The summed E-state index contributed by atoms with van der Waals surface area (Å²) in [5.41, 5.74) is 7.25. The zero-order valence-electron chi connectivity index (χ0n) is 11.6. The highest BCUT2D eigenvalue weighted by atomic mass is 15.4. The Hall–Kier alpha value is -1.88. The Morgan fingerprint density at radius 2 is 1.90 bits per heavy atom. The van der Waals surface area contributed by atoms with Crippen LogP contribution >= 0.6 is 0 Å². The van der Waals surface area contributed by atoms with Crippen LogP contribution in [0.5, 0.6) is 0 Å². The van der Waals surface area contributed by atoms with Crippen molar-refractivity contribution in [3.8, 4) is 0 Å². The molecule has 1 aromatic carbocycles. The quantitative estimate of drug-likeness (QED) is 0.884. The van der Waals surface area contributed by atoms with Gasteiger partial charge in [0.2, 0.25) is 5.95 Å². The summed E-state index contributed by atoms with van der Waals surface area (Å²) in [4.78, 5) is 6.81. The van der Waals surface area contributed by atoms with Crippen LogP contribution in [0.4, 0.5) is 5.95 Å².